The molecule has 8 nitrogen and oxygen atoms in total. The van der Waals surface area contributed by atoms with Gasteiger partial charge >= 0.3 is 0 Å². The predicted molar refractivity (Wildman–Crippen MR) is 126 cm³/mol. The van der Waals surface area contributed by atoms with Gasteiger partial charge in [-0.15, -0.1) is 0 Å². The van der Waals surface area contributed by atoms with Crippen LogP contribution in [0.5, 0.6) is 5.75 Å². The summed E-state index contributed by atoms with van der Waals surface area (Å²) in [4.78, 5) is 37.9. The Morgan fingerprint density at radius 3 is 2.43 bits per heavy atom. The summed E-state index contributed by atoms with van der Waals surface area (Å²) < 4.78 is 0. The van der Waals surface area contributed by atoms with Gasteiger partial charge in [0.05, 0.1) is 5.56 Å². The largest absolute Gasteiger partial charge is 0.508 e. The van der Waals surface area contributed by atoms with Gasteiger partial charge < -0.3 is 26.2 Å². The molecule has 1 saturated carbocycles. The van der Waals surface area contributed by atoms with Crippen molar-refractivity contribution in [3.05, 3.63) is 70.0 Å². The fourth-order valence-corrected chi connectivity index (χ4v) is 5.89. The lowest BCUT2D eigenvalue weighted by molar-refractivity contribution is -0.147. The predicted octanol–water partition coefficient (Wildman–Crippen LogP) is 2.65. The van der Waals surface area contributed by atoms with Crippen LogP contribution in [0.15, 0.2) is 53.3 Å². The third kappa shape index (κ3) is 3.06. The number of benzene rings is 2. The molecule has 1 amide bonds. The fourth-order valence-electron chi connectivity index (χ4n) is 5.89. The third-order valence-corrected chi connectivity index (χ3v) is 7.61. The van der Waals surface area contributed by atoms with Gasteiger partial charge in [-0.2, -0.15) is 0 Å². The van der Waals surface area contributed by atoms with Crippen LogP contribution in [0.3, 0.4) is 0 Å². The van der Waals surface area contributed by atoms with E-state index in [0.717, 1.165) is 11.1 Å². The average Bonchev–Trinajstić information content (AvgIpc) is 2.82. The van der Waals surface area contributed by atoms with Crippen molar-refractivity contribution >= 4 is 23.2 Å². The van der Waals surface area contributed by atoms with Crippen molar-refractivity contribution in [2.75, 3.05) is 0 Å². The van der Waals surface area contributed by atoms with Gasteiger partial charge in [0.1, 0.15) is 22.8 Å². The zero-order valence-corrected chi connectivity index (χ0v) is 19.0. The van der Waals surface area contributed by atoms with Crippen molar-refractivity contribution in [1.29, 1.82) is 0 Å². The van der Waals surface area contributed by atoms with Gasteiger partial charge in [-0.25, -0.2) is 0 Å². The maximum atomic E-state index is 13.6. The van der Waals surface area contributed by atoms with E-state index in [2.05, 4.69) is 0 Å². The first-order valence-electron chi connectivity index (χ1n) is 11.5. The molecule has 0 bridgehead atoms. The summed E-state index contributed by atoms with van der Waals surface area (Å²) in [5, 5.41) is 44.4. The van der Waals surface area contributed by atoms with E-state index in [9.17, 15) is 34.8 Å². The number of aryl methyl sites for hydroxylation is 1. The first-order chi connectivity index (χ1) is 16.6. The van der Waals surface area contributed by atoms with E-state index >= 15 is 0 Å². The Bertz CT molecular complexity index is 1370. The molecule has 2 aromatic rings. The van der Waals surface area contributed by atoms with Gasteiger partial charge in [-0.3, -0.25) is 14.4 Å². The molecule has 5 rings (SSSR count). The minimum Gasteiger partial charge on any atom is -0.508 e. The van der Waals surface area contributed by atoms with Crippen LogP contribution < -0.4 is 5.73 Å². The number of aromatic hydroxyl groups is 1. The van der Waals surface area contributed by atoms with Gasteiger partial charge in [0, 0.05) is 17.9 Å². The summed E-state index contributed by atoms with van der Waals surface area (Å²) in [6.45, 7) is 1.86. The minimum absolute atomic E-state index is 0.105. The number of hydrogen-bond donors (Lipinski definition) is 5. The smallest absolute Gasteiger partial charge is 0.255 e. The van der Waals surface area contributed by atoms with E-state index in [4.69, 9.17) is 5.73 Å². The molecular weight excluding hydrogens is 450 g/mol. The molecule has 180 valence electrons. The van der Waals surface area contributed by atoms with E-state index in [1.54, 1.807) is 0 Å². The van der Waals surface area contributed by atoms with Gasteiger partial charge in [0.2, 0.25) is 5.78 Å². The first-order valence-corrected chi connectivity index (χ1v) is 11.5. The standard InChI is InChI=1S/C27H25NO7/c1-2-12-9-16(13-6-4-3-5-7-13)17-10-14-8-15-11-18(29)21(26(28)34)25(33)27(15,35)24(32)19(14)23(31)20(17)22(12)30/h3-7,9,14-15,30-31,33,35H,2,8,10-11H2,1H3,(H2,28,34)/t14-,15+,27+/m1/s1. The summed E-state index contributed by atoms with van der Waals surface area (Å²) in [6.07, 6.45) is 0.510. The van der Waals surface area contributed by atoms with E-state index in [1.807, 2.05) is 43.3 Å². The number of ketones is 2. The Kier molecular flexibility index (Phi) is 5.10. The van der Waals surface area contributed by atoms with Crippen LogP contribution in [0.2, 0.25) is 0 Å². The number of primary amides is 1. The Morgan fingerprint density at radius 2 is 1.80 bits per heavy atom. The van der Waals surface area contributed by atoms with Crippen molar-refractivity contribution in [3.63, 3.8) is 0 Å². The van der Waals surface area contributed by atoms with Crippen molar-refractivity contribution in [1.82, 2.24) is 0 Å². The third-order valence-electron chi connectivity index (χ3n) is 7.61. The van der Waals surface area contributed by atoms with Crippen molar-refractivity contribution in [2.24, 2.45) is 17.6 Å². The number of carbonyl (C=O) groups excluding carboxylic acids is 3. The maximum Gasteiger partial charge on any atom is 0.255 e. The number of phenols is 1. The van der Waals surface area contributed by atoms with Gasteiger partial charge in [0.25, 0.3) is 5.91 Å². The Morgan fingerprint density at radius 1 is 1.11 bits per heavy atom. The number of Topliss-reactive ketones (excluding diaryl/α,β-unsaturated/α-hetero) is 2. The lowest BCUT2D eigenvalue weighted by Gasteiger charge is -2.46. The lowest BCUT2D eigenvalue weighted by Crippen LogP contribution is -2.58. The summed E-state index contributed by atoms with van der Waals surface area (Å²) >= 11 is 0. The van der Waals surface area contributed by atoms with Crippen LogP contribution in [-0.4, -0.2) is 43.5 Å². The molecule has 2 aromatic carbocycles. The Hall–Kier alpha value is -3.91. The SMILES string of the molecule is CCc1cc(-c2ccccc2)c2c(c1O)C(O)=C1C(=O)[C@]3(O)C(O)=C(C(N)=O)C(=O)C[C@@H]3C[C@@H]1C2. The van der Waals surface area contributed by atoms with Crippen LogP contribution >= 0.6 is 0 Å². The number of hydrogen-bond acceptors (Lipinski definition) is 7. The second-order valence-electron chi connectivity index (χ2n) is 9.41. The second kappa shape index (κ2) is 7.81. The average molecular weight is 475 g/mol. The monoisotopic (exact) mass is 475 g/mol. The van der Waals surface area contributed by atoms with Crippen molar-refractivity contribution in [2.45, 2.75) is 38.2 Å². The van der Waals surface area contributed by atoms with E-state index in [0.29, 0.717) is 17.5 Å². The highest BCUT2D eigenvalue weighted by Crippen LogP contribution is 2.53. The molecule has 0 aromatic heterocycles. The number of rotatable bonds is 3. The zero-order valence-electron chi connectivity index (χ0n) is 19.0. The quantitative estimate of drug-likeness (QED) is 0.427. The van der Waals surface area contributed by atoms with Gasteiger partial charge in [-0.1, -0.05) is 37.3 Å². The molecule has 0 unspecified atom stereocenters. The van der Waals surface area contributed by atoms with E-state index in [-0.39, 0.29) is 36.1 Å². The topological polar surface area (TPSA) is 158 Å². The molecule has 0 heterocycles. The van der Waals surface area contributed by atoms with Crippen molar-refractivity contribution < 1.29 is 34.8 Å². The fraction of sp³-hybridized carbons (Fsp3) is 0.296. The Balaban J connectivity index is 1.75. The number of aliphatic hydroxyl groups excluding tert-OH is 2. The molecule has 35 heavy (non-hydrogen) atoms. The van der Waals surface area contributed by atoms with E-state index < -0.39 is 52.0 Å². The maximum absolute atomic E-state index is 13.6. The normalized spacial score (nSPS) is 25.8. The highest BCUT2D eigenvalue weighted by atomic mass is 16.3. The lowest BCUT2D eigenvalue weighted by atomic mass is 9.59. The van der Waals surface area contributed by atoms with Crippen LogP contribution in [0.25, 0.3) is 16.9 Å². The first kappa shape index (κ1) is 22.9. The molecule has 0 spiro atoms. The van der Waals surface area contributed by atoms with Crippen LogP contribution in [0.4, 0.5) is 0 Å². The summed E-state index contributed by atoms with van der Waals surface area (Å²) in [5.41, 5.74) is 4.79. The summed E-state index contributed by atoms with van der Waals surface area (Å²) in [5.74, 6) is -6.21. The molecule has 0 radical (unpaired) electrons. The highest BCUT2D eigenvalue weighted by Gasteiger charge is 2.60. The molecule has 0 saturated heterocycles. The molecule has 8 heteroatoms. The molecule has 3 atom stereocenters. The number of phenolic OH excluding ortho intramolecular Hbond substituents is 1. The molecule has 3 aliphatic rings. The van der Waals surface area contributed by atoms with Crippen LogP contribution in [-0.2, 0) is 27.2 Å². The van der Waals surface area contributed by atoms with E-state index in [1.165, 1.54) is 0 Å². The Labute approximate surface area is 201 Å². The van der Waals surface area contributed by atoms with Crippen molar-refractivity contribution in [3.8, 4) is 16.9 Å². The van der Waals surface area contributed by atoms with Gasteiger partial charge in [-0.05, 0) is 53.5 Å². The van der Waals surface area contributed by atoms with Gasteiger partial charge in [0.15, 0.2) is 11.4 Å². The summed E-state index contributed by atoms with van der Waals surface area (Å²) in [6, 6.07) is 11.4. The minimum atomic E-state index is -2.56. The molecular formula is C27H25NO7. The number of carbonyl (C=O) groups is 3. The summed E-state index contributed by atoms with van der Waals surface area (Å²) in [7, 11) is 0. The molecule has 6 N–H and O–H groups in total. The van der Waals surface area contributed by atoms with Crippen LogP contribution in [0, 0.1) is 11.8 Å². The highest BCUT2D eigenvalue weighted by molar-refractivity contribution is 6.22. The number of fused-ring (bicyclic) bond motifs is 3. The molecule has 3 aliphatic carbocycles. The number of nitrogens with two attached hydrogens (primary N) is 1. The second-order valence-corrected chi connectivity index (χ2v) is 9.41. The van der Waals surface area contributed by atoms with Crippen LogP contribution in [0.1, 0.15) is 36.5 Å². The molecule has 0 aliphatic heterocycles. The zero-order chi connectivity index (χ0) is 25.2. The number of amides is 1. The molecule has 1 fully saturated rings. The number of aliphatic hydroxyl groups is 3.